The van der Waals surface area contributed by atoms with Crippen molar-refractivity contribution in [3.8, 4) is 5.75 Å². The Morgan fingerprint density at radius 3 is 2.18 bits per heavy atom. The van der Waals surface area contributed by atoms with Crippen LogP contribution in [0.5, 0.6) is 5.75 Å². The summed E-state index contributed by atoms with van der Waals surface area (Å²) in [4.78, 5) is 27.1. The molecular formula is C25H31NO6S. The molecule has 1 amide bonds. The Hall–Kier alpha value is -2.71. The molecule has 3 rings (SSSR count). The predicted octanol–water partition coefficient (Wildman–Crippen LogP) is 3.64. The molecule has 178 valence electrons. The number of aryl methyl sites for hydroxylation is 1. The SMILES string of the molecule is CS(=O)(=O)OCC(CCc1ccccc1)(C(=O)NC1CCCCC1)C(=O)Oc1ccccc1. The van der Waals surface area contributed by atoms with E-state index in [0.29, 0.717) is 6.42 Å². The minimum Gasteiger partial charge on any atom is -0.426 e. The van der Waals surface area contributed by atoms with Crippen LogP contribution in [0.25, 0.3) is 0 Å². The molecule has 8 heteroatoms. The normalized spacial score (nSPS) is 16.5. The van der Waals surface area contributed by atoms with E-state index in [9.17, 15) is 18.0 Å². The topological polar surface area (TPSA) is 98.8 Å². The van der Waals surface area contributed by atoms with Gasteiger partial charge in [0.1, 0.15) is 5.75 Å². The molecule has 1 aliphatic rings. The van der Waals surface area contributed by atoms with Crippen LogP contribution in [0, 0.1) is 5.41 Å². The van der Waals surface area contributed by atoms with E-state index in [1.807, 2.05) is 30.3 Å². The van der Waals surface area contributed by atoms with E-state index in [1.54, 1.807) is 30.3 Å². The van der Waals surface area contributed by atoms with Gasteiger partial charge in [0, 0.05) is 6.04 Å². The third-order valence-corrected chi connectivity index (χ3v) is 6.47. The highest BCUT2D eigenvalue weighted by Crippen LogP contribution is 2.31. The summed E-state index contributed by atoms with van der Waals surface area (Å²) in [5, 5.41) is 2.98. The lowest BCUT2D eigenvalue weighted by atomic mass is 9.81. The van der Waals surface area contributed by atoms with Gasteiger partial charge in [-0.15, -0.1) is 0 Å². The molecule has 0 radical (unpaired) electrons. The van der Waals surface area contributed by atoms with Gasteiger partial charge in [-0.2, -0.15) is 8.42 Å². The highest BCUT2D eigenvalue weighted by molar-refractivity contribution is 7.85. The average Bonchev–Trinajstić information content (AvgIpc) is 2.80. The number of carbonyl (C=O) groups excluding carboxylic acids is 2. The molecule has 1 N–H and O–H groups in total. The molecule has 1 unspecified atom stereocenters. The van der Waals surface area contributed by atoms with E-state index in [0.717, 1.165) is 43.9 Å². The van der Waals surface area contributed by atoms with Crippen molar-refractivity contribution in [1.29, 1.82) is 0 Å². The fraction of sp³-hybridized carbons (Fsp3) is 0.440. The number of hydrogen-bond donors (Lipinski definition) is 1. The molecule has 33 heavy (non-hydrogen) atoms. The number of hydrogen-bond acceptors (Lipinski definition) is 6. The molecule has 0 spiro atoms. The van der Waals surface area contributed by atoms with Gasteiger partial charge >= 0.3 is 5.97 Å². The zero-order valence-electron chi connectivity index (χ0n) is 18.9. The second-order valence-corrected chi connectivity index (χ2v) is 10.2. The van der Waals surface area contributed by atoms with Crippen LogP contribution in [0.3, 0.4) is 0 Å². The zero-order valence-corrected chi connectivity index (χ0v) is 19.7. The largest absolute Gasteiger partial charge is 0.426 e. The minimum atomic E-state index is -3.90. The summed E-state index contributed by atoms with van der Waals surface area (Å²) in [6.07, 6.45) is 6.05. The van der Waals surface area contributed by atoms with Gasteiger partial charge in [0.2, 0.25) is 5.91 Å². The smallest absolute Gasteiger partial charge is 0.329 e. The van der Waals surface area contributed by atoms with Crippen molar-refractivity contribution in [2.45, 2.75) is 51.0 Å². The fourth-order valence-corrected chi connectivity index (χ4v) is 4.39. The Morgan fingerprint density at radius 1 is 0.970 bits per heavy atom. The van der Waals surface area contributed by atoms with Crippen molar-refractivity contribution < 1.29 is 26.9 Å². The highest BCUT2D eigenvalue weighted by atomic mass is 32.2. The second kappa shape index (κ2) is 11.4. The first kappa shape index (κ1) is 24.9. The second-order valence-electron chi connectivity index (χ2n) is 8.54. The van der Waals surface area contributed by atoms with Gasteiger partial charge in [-0.05, 0) is 43.4 Å². The summed E-state index contributed by atoms with van der Waals surface area (Å²) in [6, 6.07) is 17.8. The van der Waals surface area contributed by atoms with Gasteiger partial charge in [0.25, 0.3) is 10.1 Å². The van der Waals surface area contributed by atoms with E-state index in [2.05, 4.69) is 5.32 Å². The lowest BCUT2D eigenvalue weighted by Crippen LogP contribution is -2.54. The van der Waals surface area contributed by atoms with Gasteiger partial charge in [-0.25, -0.2) is 0 Å². The summed E-state index contributed by atoms with van der Waals surface area (Å²) in [5.41, 5.74) is -0.911. The Kier molecular flexibility index (Phi) is 8.63. The third-order valence-electron chi connectivity index (χ3n) is 5.92. The standard InChI is InChI=1S/C25H31NO6S/c1-33(29,30)31-19-25(18-17-20-11-5-2-6-12-20,23(27)26-21-13-7-3-8-14-21)24(28)32-22-15-9-4-10-16-22/h2,4-6,9-12,15-16,21H,3,7-8,13-14,17-19H2,1H3,(H,26,27). The fourth-order valence-electron chi connectivity index (χ4n) is 3.98. The van der Waals surface area contributed by atoms with Crippen molar-refractivity contribution in [2.24, 2.45) is 5.41 Å². The van der Waals surface area contributed by atoms with Gasteiger partial charge in [0.15, 0.2) is 5.41 Å². The molecule has 2 aromatic carbocycles. The first-order valence-electron chi connectivity index (χ1n) is 11.3. The molecule has 0 heterocycles. The maximum absolute atomic E-state index is 13.6. The maximum atomic E-state index is 13.6. The number of rotatable bonds is 10. The summed E-state index contributed by atoms with van der Waals surface area (Å²) < 4.78 is 34.3. The van der Waals surface area contributed by atoms with E-state index in [1.165, 1.54) is 0 Å². The molecule has 1 fully saturated rings. The van der Waals surface area contributed by atoms with Crippen molar-refractivity contribution in [1.82, 2.24) is 5.32 Å². The molecule has 0 bridgehead atoms. The minimum absolute atomic E-state index is 0.0384. The Bertz CT molecular complexity index is 1020. The summed E-state index contributed by atoms with van der Waals surface area (Å²) >= 11 is 0. The Labute approximate surface area is 195 Å². The van der Waals surface area contributed by atoms with Crippen LogP contribution in [0.4, 0.5) is 0 Å². The number of ether oxygens (including phenoxy) is 1. The van der Waals surface area contributed by atoms with Crippen molar-refractivity contribution in [2.75, 3.05) is 12.9 Å². The van der Waals surface area contributed by atoms with Crippen molar-refractivity contribution in [3.63, 3.8) is 0 Å². The average molecular weight is 474 g/mol. The van der Waals surface area contributed by atoms with E-state index in [4.69, 9.17) is 8.92 Å². The summed E-state index contributed by atoms with van der Waals surface area (Å²) in [7, 11) is -3.90. The van der Waals surface area contributed by atoms with Crippen LogP contribution >= 0.6 is 0 Å². The van der Waals surface area contributed by atoms with E-state index >= 15 is 0 Å². The van der Waals surface area contributed by atoms with Crippen LogP contribution in [-0.2, 0) is 30.3 Å². The lowest BCUT2D eigenvalue weighted by Gasteiger charge is -2.32. The van der Waals surface area contributed by atoms with Crippen LogP contribution < -0.4 is 10.1 Å². The number of para-hydroxylation sites is 1. The van der Waals surface area contributed by atoms with Crippen LogP contribution in [0.1, 0.15) is 44.1 Å². The van der Waals surface area contributed by atoms with Crippen LogP contribution in [0.2, 0.25) is 0 Å². The molecule has 2 aromatic rings. The number of amides is 1. The number of nitrogens with one attached hydrogen (secondary N) is 1. The first-order valence-corrected chi connectivity index (χ1v) is 13.1. The predicted molar refractivity (Wildman–Crippen MR) is 125 cm³/mol. The molecule has 0 saturated heterocycles. The number of carbonyl (C=O) groups is 2. The third kappa shape index (κ3) is 7.40. The Morgan fingerprint density at radius 2 is 1.58 bits per heavy atom. The van der Waals surface area contributed by atoms with Gasteiger partial charge in [0.05, 0.1) is 12.9 Å². The molecule has 7 nitrogen and oxygen atoms in total. The molecule has 1 saturated carbocycles. The van der Waals surface area contributed by atoms with Gasteiger partial charge in [-0.1, -0.05) is 67.8 Å². The molecule has 1 atom stereocenters. The molecule has 0 aliphatic heterocycles. The van der Waals surface area contributed by atoms with Crippen molar-refractivity contribution in [3.05, 3.63) is 66.2 Å². The number of benzene rings is 2. The van der Waals surface area contributed by atoms with E-state index < -0.39 is 34.0 Å². The van der Waals surface area contributed by atoms with Crippen LogP contribution in [0.15, 0.2) is 60.7 Å². The lowest BCUT2D eigenvalue weighted by molar-refractivity contribution is -0.156. The quantitative estimate of drug-likeness (QED) is 0.245. The van der Waals surface area contributed by atoms with Gasteiger partial charge < -0.3 is 10.1 Å². The van der Waals surface area contributed by atoms with E-state index in [-0.39, 0.29) is 18.2 Å². The molecular weight excluding hydrogens is 442 g/mol. The monoisotopic (exact) mass is 473 g/mol. The summed E-state index contributed by atoms with van der Waals surface area (Å²) in [6.45, 7) is -0.622. The van der Waals surface area contributed by atoms with Crippen LogP contribution in [-0.4, -0.2) is 39.2 Å². The maximum Gasteiger partial charge on any atom is 0.329 e. The Balaban J connectivity index is 1.93. The number of esters is 1. The highest BCUT2D eigenvalue weighted by Gasteiger charge is 2.49. The van der Waals surface area contributed by atoms with Crippen molar-refractivity contribution >= 4 is 22.0 Å². The molecule has 0 aromatic heterocycles. The summed E-state index contributed by atoms with van der Waals surface area (Å²) in [5.74, 6) is -1.12. The first-order chi connectivity index (χ1) is 15.8. The molecule has 1 aliphatic carbocycles. The zero-order chi connectivity index (χ0) is 23.7. The van der Waals surface area contributed by atoms with Gasteiger partial charge in [-0.3, -0.25) is 13.8 Å².